The zero-order valence-electron chi connectivity index (χ0n) is 22.2. The van der Waals surface area contributed by atoms with Crippen molar-refractivity contribution in [2.45, 2.75) is 24.9 Å². The van der Waals surface area contributed by atoms with E-state index in [2.05, 4.69) is 35.5 Å². The average Bonchev–Trinajstić information content (AvgIpc) is 3.32. The van der Waals surface area contributed by atoms with E-state index in [0.29, 0.717) is 28.9 Å². The first kappa shape index (κ1) is 27.1. The molecule has 38 heavy (non-hydrogen) atoms. The Morgan fingerprint density at radius 3 is 2.58 bits per heavy atom. The van der Waals surface area contributed by atoms with Gasteiger partial charge >= 0.3 is 0 Å². The first-order valence-corrected chi connectivity index (χ1v) is 16.0. The van der Waals surface area contributed by atoms with Gasteiger partial charge < -0.3 is 19.9 Å². The van der Waals surface area contributed by atoms with Gasteiger partial charge in [-0.1, -0.05) is 23.7 Å². The number of hydrogen-bond acceptors (Lipinski definition) is 9. The Morgan fingerprint density at radius 1 is 1.08 bits per heavy atom. The Labute approximate surface area is 229 Å². The molecule has 2 aromatic heterocycles. The summed E-state index contributed by atoms with van der Waals surface area (Å²) in [7, 11) is -0.723. The molecule has 2 aliphatic rings. The molecule has 204 valence electrons. The Morgan fingerprint density at radius 2 is 1.84 bits per heavy atom. The number of methoxy groups -OCH3 is 1. The molecule has 1 aromatic carbocycles. The van der Waals surface area contributed by atoms with Gasteiger partial charge in [-0.15, -0.1) is 0 Å². The third kappa shape index (κ3) is 6.38. The molecule has 0 amide bonds. The molecule has 0 radical (unpaired) electrons. The molecular formula is C26H36ClN8O2P. The highest BCUT2D eigenvalue weighted by Gasteiger charge is 2.36. The number of nitrogens with one attached hydrogen (secondary N) is 2. The van der Waals surface area contributed by atoms with Crippen molar-refractivity contribution in [3.8, 4) is 0 Å². The van der Waals surface area contributed by atoms with Gasteiger partial charge in [0.2, 0.25) is 5.95 Å². The maximum Gasteiger partial charge on any atom is 0.229 e. The first-order chi connectivity index (χ1) is 18.3. The lowest BCUT2D eigenvalue weighted by Gasteiger charge is -2.46. The van der Waals surface area contributed by atoms with E-state index in [9.17, 15) is 4.57 Å². The molecule has 0 unspecified atom stereocenters. The quantitative estimate of drug-likeness (QED) is 0.357. The van der Waals surface area contributed by atoms with E-state index in [1.807, 2.05) is 35.1 Å². The van der Waals surface area contributed by atoms with Crippen LogP contribution in [0.1, 0.15) is 18.9 Å². The van der Waals surface area contributed by atoms with Gasteiger partial charge in [-0.25, -0.2) is 4.98 Å². The maximum atomic E-state index is 12.7. The molecule has 2 N–H and O–H groups in total. The minimum atomic E-state index is -2.48. The van der Waals surface area contributed by atoms with Crippen LogP contribution < -0.4 is 15.9 Å². The second-order valence-electron chi connectivity index (χ2n) is 10.4. The molecule has 1 aliphatic carbocycles. The number of benzene rings is 1. The van der Waals surface area contributed by atoms with Crippen molar-refractivity contribution in [1.29, 1.82) is 0 Å². The van der Waals surface area contributed by atoms with Gasteiger partial charge in [-0.2, -0.15) is 10.1 Å². The monoisotopic (exact) mass is 558 g/mol. The van der Waals surface area contributed by atoms with Crippen molar-refractivity contribution in [2.24, 2.45) is 0 Å². The van der Waals surface area contributed by atoms with Crippen LogP contribution in [0.3, 0.4) is 0 Å². The molecule has 5 rings (SSSR count). The predicted octanol–water partition coefficient (Wildman–Crippen LogP) is 4.03. The summed E-state index contributed by atoms with van der Waals surface area (Å²) in [4.78, 5) is 14.0. The fourth-order valence-corrected chi connectivity index (χ4v) is 6.36. The molecule has 0 spiro atoms. The predicted molar refractivity (Wildman–Crippen MR) is 153 cm³/mol. The molecule has 1 saturated carbocycles. The van der Waals surface area contributed by atoms with Crippen LogP contribution >= 0.6 is 18.7 Å². The Balaban J connectivity index is 1.17. The molecular weight excluding hydrogens is 523 g/mol. The third-order valence-corrected chi connectivity index (χ3v) is 9.16. The number of piperazine rings is 1. The lowest BCUT2D eigenvalue weighted by molar-refractivity contribution is 0.0266. The number of para-hydroxylation sites is 1. The molecule has 12 heteroatoms. The van der Waals surface area contributed by atoms with Crippen LogP contribution in [0, 0.1) is 0 Å². The molecule has 3 aromatic rings. The van der Waals surface area contributed by atoms with Crippen LogP contribution in [0.5, 0.6) is 0 Å². The summed E-state index contributed by atoms with van der Waals surface area (Å²) < 4.78 is 20.0. The smallest absolute Gasteiger partial charge is 0.229 e. The Hall–Kier alpha value is -2.49. The van der Waals surface area contributed by atoms with Crippen molar-refractivity contribution in [1.82, 2.24) is 29.5 Å². The minimum Gasteiger partial charge on any atom is -0.383 e. The van der Waals surface area contributed by atoms with E-state index in [-0.39, 0.29) is 0 Å². The highest BCUT2D eigenvalue weighted by atomic mass is 35.5. The number of aromatic nitrogens is 4. The standard InChI is InChI=1S/C26H36ClN8O2P/c1-37-13-12-33-8-10-34(11-9-33)20-14-21(15-20)35-18-19(16-29-35)30-26-28-17-22(27)25(32-26)31-23-6-4-5-7-24(23)38(2,3)36/h4-7,16-18,20-21H,8-15H2,1-3H3,(H2,28,30,31,32). The average molecular weight is 559 g/mol. The SMILES string of the molecule is COCCN1CCN(C2CC(n3cc(Nc4ncc(Cl)c(Nc5ccccc5P(C)(C)=O)n4)cn3)C2)CC1. The zero-order chi connectivity index (χ0) is 26.7. The Bertz CT molecular complexity index is 1280. The lowest BCUT2D eigenvalue weighted by Crippen LogP contribution is -2.54. The van der Waals surface area contributed by atoms with E-state index in [1.165, 1.54) is 0 Å². The normalized spacial score (nSPS) is 20.7. The van der Waals surface area contributed by atoms with Gasteiger partial charge in [0, 0.05) is 57.4 Å². The van der Waals surface area contributed by atoms with Gasteiger partial charge in [-0.05, 0) is 38.3 Å². The largest absolute Gasteiger partial charge is 0.383 e. The molecule has 1 saturated heterocycles. The van der Waals surface area contributed by atoms with Crippen LogP contribution in [0.4, 0.5) is 23.1 Å². The molecule has 3 heterocycles. The summed E-state index contributed by atoms with van der Waals surface area (Å²) in [5.74, 6) is 0.851. The highest BCUT2D eigenvalue weighted by molar-refractivity contribution is 7.70. The fraction of sp³-hybridized carbons (Fsp3) is 0.500. The third-order valence-electron chi connectivity index (χ3n) is 7.34. The highest BCUT2D eigenvalue weighted by Crippen LogP contribution is 2.39. The first-order valence-electron chi connectivity index (χ1n) is 13.0. The Kier molecular flexibility index (Phi) is 8.35. The second kappa shape index (κ2) is 11.7. The van der Waals surface area contributed by atoms with E-state index < -0.39 is 7.14 Å². The minimum absolute atomic E-state index is 0.378. The van der Waals surface area contributed by atoms with Crippen LogP contribution in [-0.4, -0.2) is 95.4 Å². The summed E-state index contributed by atoms with van der Waals surface area (Å²) in [6.45, 7) is 9.77. The van der Waals surface area contributed by atoms with Crippen molar-refractivity contribution in [3.63, 3.8) is 0 Å². The van der Waals surface area contributed by atoms with Crippen molar-refractivity contribution in [2.75, 3.05) is 70.4 Å². The van der Waals surface area contributed by atoms with Gasteiger partial charge in [0.25, 0.3) is 0 Å². The summed E-state index contributed by atoms with van der Waals surface area (Å²) in [5.41, 5.74) is 1.54. The molecule has 2 fully saturated rings. The van der Waals surface area contributed by atoms with Crippen LogP contribution in [0.15, 0.2) is 42.9 Å². The summed E-state index contributed by atoms with van der Waals surface area (Å²) in [6.07, 6.45) is 7.59. The molecule has 0 bridgehead atoms. The number of anilines is 4. The van der Waals surface area contributed by atoms with Crippen LogP contribution in [0.2, 0.25) is 5.02 Å². The fourth-order valence-electron chi connectivity index (χ4n) is 5.07. The van der Waals surface area contributed by atoms with Gasteiger partial charge in [0.05, 0.1) is 36.4 Å². The van der Waals surface area contributed by atoms with E-state index >= 15 is 0 Å². The number of halogens is 1. The molecule has 0 atom stereocenters. The second-order valence-corrected chi connectivity index (χ2v) is 14.0. The topological polar surface area (TPSA) is 100 Å². The molecule has 10 nitrogen and oxygen atoms in total. The summed E-state index contributed by atoms with van der Waals surface area (Å²) >= 11 is 6.38. The van der Waals surface area contributed by atoms with Crippen molar-refractivity contribution in [3.05, 3.63) is 47.9 Å². The van der Waals surface area contributed by atoms with Crippen molar-refractivity contribution < 1.29 is 9.30 Å². The number of rotatable bonds is 10. The van der Waals surface area contributed by atoms with E-state index in [1.54, 1.807) is 32.8 Å². The van der Waals surface area contributed by atoms with Crippen LogP contribution in [0.25, 0.3) is 0 Å². The van der Waals surface area contributed by atoms with Gasteiger partial charge in [0.15, 0.2) is 5.82 Å². The number of hydrogen-bond donors (Lipinski definition) is 2. The van der Waals surface area contributed by atoms with Crippen LogP contribution in [-0.2, 0) is 9.30 Å². The van der Waals surface area contributed by atoms with E-state index in [4.69, 9.17) is 16.3 Å². The maximum absolute atomic E-state index is 12.7. The summed E-state index contributed by atoms with van der Waals surface area (Å²) in [5, 5.41) is 12.2. The van der Waals surface area contributed by atoms with Gasteiger partial charge in [-0.3, -0.25) is 14.5 Å². The van der Waals surface area contributed by atoms with E-state index in [0.717, 1.165) is 68.9 Å². The number of ether oxygens (including phenoxy) is 1. The zero-order valence-corrected chi connectivity index (χ0v) is 23.8. The lowest BCUT2D eigenvalue weighted by atomic mass is 9.85. The van der Waals surface area contributed by atoms with Gasteiger partial charge in [0.1, 0.15) is 12.2 Å². The number of nitrogens with zero attached hydrogens (tertiary/aromatic N) is 6. The van der Waals surface area contributed by atoms with Crippen molar-refractivity contribution >= 4 is 47.2 Å². The summed E-state index contributed by atoms with van der Waals surface area (Å²) in [6, 6.07) is 8.53. The molecule has 1 aliphatic heterocycles.